The summed E-state index contributed by atoms with van der Waals surface area (Å²) in [6, 6.07) is 5.83. The molecule has 9 heteroatoms. The zero-order valence-corrected chi connectivity index (χ0v) is 18.9. The van der Waals surface area contributed by atoms with Gasteiger partial charge in [-0.2, -0.15) is 13.2 Å². The minimum absolute atomic E-state index is 0.0598. The summed E-state index contributed by atoms with van der Waals surface area (Å²) in [6.07, 6.45) is 0.599. The van der Waals surface area contributed by atoms with Crippen LogP contribution in [0.3, 0.4) is 0 Å². The third-order valence-electron chi connectivity index (χ3n) is 8.29. The molecule has 2 saturated heterocycles. The highest BCUT2D eigenvalue weighted by Crippen LogP contribution is 2.51. The van der Waals surface area contributed by atoms with Crippen LogP contribution in [0.25, 0.3) is 10.9 Å². The van der Waals surface area contributed by atoms with E-state index in [-0.39, 0.29) is 11.8 Å². The van der Waals surface area contributed by atoms with Gasteiger partial charge in [0.1, 0.15) is 5.75 Å². The van der Waals surface area contributed by atoms with Crippen molar-refractivity contribution in [3.8, 4) is 5.75 Å². The van der Waals surface area contributed by atoms with Crippen molar-refractivity contribution in [3.05, 3.63) is 24.4 Å². The lowest BCUT2D eigenvalue weighted by molar-refractivity contribution is -0.144. The van der Waals surface area contributed by atoms with Crippen LogP contribution in [0.4, 0.5) is 18.9 Å². The summed E-state index contributed by atoms with van der Waals surface area (Å²) in [5.41, 5.74) is 1.71. The largest absolute Gasteiger partial charge is 0.494 e. The first-order valence-electron chi connectivity index (χ1n) is 12.3. The number of amides is 1. The molecule has 2 aromatic rings. The van der Waals surface area contributed by atoms with Gasteiger partial charge >= 0.3 is 6.18 Å². The van der Waals surface area contributed by atoms with Crippen molar-refractivity contribution in [2.75, 3.05) is 44.8 Å². The third-order valence-corrected chi connectivity index (χ3v) is 8.29. The van der Waals surface area contributed by atoms with Crippen molar-refractivity contribution < 1.29 is 27.4 Å². The van der Waals surface area contributed by atoms with Gasteiger partial charge in [-0.05, 0) is 67.1 Å². The number of aromatic amines is 1. The van der Waals surface area contributed by atoms with E-state index >= 15 is 0 Å². The average molecular weight is 478 g/mol. The van der Waals surface area contributed by atoms with Gasteiger partial charge < -0.3 is 19.8 Å². The molecule has 1 amide bonds. The summed E-state index contributed by atoms with van der Waals surface area (Å²) >= 11 is 0. The number of ether oxygens (including phenoxy) is 2. The predicted molar refractivity (Wildman–Crippen MR) is 121 cm³/mol. The standard InChI is InChI=1S/C25H30F3N3O3/c26-25(27,28)13-31-9-15-5-14(6-16(15)10-31)3-4-34-17-1-2-21-18(7-17)22(8-29-21)30-24(32)23-19-11-33-12-20(19)23/h1-2,7-8,14-16,19-20,23,29H,3-6,9-13H2,(H,30,32)/t14?,15-,16+,19?,20?,23?. The van der Waals surface area contributed by atoms with Crippen LogP contribution >= 0.6 is 0 Å². The molecule has 0 spiro atoms. The molecule has 4 aliphatic rings. The highest BCUT2D eigenvalue weighted by Gasteiger charge is 2.58. The van der Waals surface area contributed by atoms with E-state index in [1.165, 1.54) is 0 Å². The van der Waals surface area contributed by atoms with Crippen LogP contribution in [-0.2, 0) is 9.53 Å². The highest BCUT2D eigenvalue weighted by atomic mass is 19.4. The van der Waals surface area contributed by atoms with E-state index < -0.39 is 12.7 Å². The van der Waals surface area contributed by atoms with E-state index in [0.29, 0.717) is 62.5 Å². The summed E-state index contributed by atoms with van der Waals surface area (Å²) in [4.78, 5) is 17.4. The molecule has 1 aromatic heterocycles. The predicted octanol–water partition coefficient (Wildman–Crippen LogP) is 4.29. The number of likely N-dealkylation sites (tertiary alicyclic amines) is 1. The monoisotopic (exact) mass is 477 g/mol. The van der Waals surface area contributed by atoms with Crippen LogP contribution in [0.5, 0.6) is 5.75 Å². The molecule has 2 aliphatic carbocycles. The smallest absolute Gasteiger partial charge is 0.401 e. The van der Waals surface area contributed by atoms with Crippen molar-refractivity contribution in [2.24, 2.45) is 35.5 Å². The van der Waals surface area contributed by atoms with Gasteiger partial charge in [0.05, 0.1) is 32.1 Å². The Morgan fingerprint density at radius 3 is 2.62 bits per heavy atom. The Bertz CT molecular complexity index is 1050. The number of fused-ring (bicyclic) bond motifs is 3. The molecular formula is C25H30F3N3O3. The number of nitrogens with zero attached hydrogens (tertiary/aromatic N) is 1. The highest BCUT2D eigenvalue weighted by molar-refractivity contribution is 6.03. The van der Waals surface area contributed by atoms with Crippen molar-refractivity contribution in [1.29, 1.82) is 0 Å². The number of carbonyl (C=O) groups is 1. The van der Waals surface area contributed by atoms with E-state index in [9.17, 15) is 18.0 Å². The molecule has 0 radical (unpaired) electrons. The van der Waals surface area contributed by atoms with E-state index in [1.54, 1.807) is 4.90 Å². The van der Waals surface area contributed by atoms with Gasteiger partial charge in [-0.25, -0.2) is 0 Å². The summed E-state index contributed by atoms with van der Waals surface area (Å²) in [7, 11) is 0. The number of benzene rings is 1. The maximum absolute atomic E-state index is 12.7. The van der Waals surface area contributed by atoms with Gasteiger partial charge in [0.2, 0.25) is 5.91 Å². The van der Waals surface area contributed by atoms with Gasteiger partial charge in [-0.1, -0.05) is 0 Å². The molecule has 3 heterocycles. The van der Waals surface area contributed by atoms with Crippen LogP contribution in [0.15, 0.2) is 24.4 Å². The van der Waals surface area contributed by atoms with Gasteiger partial charge in [0.25, 0.3) is 0 Å². The van der Waals surface area contributed by atoms with Crippen LogP contribution in [0, 0.1) is 35.5 Å². The Kier molecular flexibility index (Phi) is 5.52. The minimum Gasteiger partial charge on any atom is -0.494 e. The quantitative estimate of drug-likeness (QED) is 0.625. The van der Waals surface area contributed by atoms with Crippen LogP contribution in [0.2, 0.25) is 0 Å². The summed E-state index contributed by atoms with van der Waals surface area (Å²) in [6.45, 7) is 2.30. The van der Waals surface area contributed by atoms with Crippen molar-refractivity contribution >= 4 is 22.5 Å². The number of hydrogen-bond acceptors (Lipinski definition) is 4. The molecule has 184 valence electrons. The number of H-pyrrole nitrogens is 1. The molecule has 2 saturated carbocycles. The maximum atomic E-state index is 12.7. The molecule has 4 fully saturated rings. The molecule has 0 bridgehead atoms. The SMILES string of the molecule is O=C(Nc1c[nH]c2ccc(OCCC3C[C@@H]4CN(CC(F)(F)F)C[C@@H]4C3)cc12)C1C2COCC21. The first-order valence-corrected chi connectivity index (χ1v) is 12.3. The van der Waals surface area contributed by atoms with Crippen LogP contribution < -0.4 is 10.1 Å². The second kappa shape index (κ2) is 8.45. The minimum atomic E-state index is -4.11. The fourth-order valence-electron chi connectivity index (χ4n) is 6.62. The van der Waals surface area contributed by atoms with E-state index in [4.69, 9.17) is 9.47 Å². The van der Waals surface area contributed by atoms with Crippen LogP contribution in [0.1, 0.15) is 19.3 Å². The fourth-order valence-corrected chi connectivity index (χ4v) is 6.62. The molecule has 5 atom stereocenters. The number of alkyl halides is 3. The fraction of sp³-hybridized carbons (Fsp3) is 0.640. The van der Waals surface area contributed by atoms with E-state index in [0.717, 1.165) is 41.6 Å². The number of hydrogen-bond donors (Lipinski definition) is 2. The molecule has 1 aromatic carbocycles. The molecular weight excluding hydrogens is 447 g/mol. The average Bonchev–Trinajstić information content (AvgIpc) is 3.24. The first-order chi connectivity index (χ1) is 16.3. The van der Waals surface area contributed by atoms with E-state index in [1.807, 2.05) is 24.4 Å². The topological polar surface area (TPSA) is 66.6 Å². The van der Waals surface area contributed by atoms with Crippen molar-refractivity contribution in [2.45, 2.75) is 25.4 Å². The molecule has 2 aliphatic heterocycles. The first kappa shape index (κ1) is 22.2. The second-order valence-electron chi connectivity index (χ2n) is 10.6. The van der Waals surface area contributed by atoms with Gasteiger partial charge in [-0.15, -0.1) is 0 Å². The zero-order valence-electron chi connectivity index (χ0n) is 18.9. The Labute approximate surface area is 196 Å². The summed E-state index contributed by atoms with van der Waals surface area (Å²) in [5.74, 6) is 2.89. The Morgan fingerprint density at radius 1 is 1.18 bits per heavy atom. The normalized spacial score (nSPS) is 32.7. The number of halogens is 3. The third kappa shape index (κ3) is 4.40. The number of rotatable bonds is 7. The molecule has 2 N–H and O–H groups in total. The van der Waals surface area contributed by atoms with Gasteiger partial charge in [0.15, 0.2) is 0 Å². The molecule has 6 nitrogen and oxygen atoms in total. The molecule has 34 heavy (non-hydrogen) atoms. The van der Waals surface area contributed by atoms with Gasteiger partial charge in [-0.3, -0.25) is 9.69 Å². The summed E-state index contributed by atoms with van der Waals surface area (Å²) < 4.78 is 49.4. The zero-order chi connectivity index (χ0) is 23.4. The van der Waals surface area contributed by atoms with Crippen molar-refractivity contribution in [3.63, 3.8) is 0 Å². The lowest BCUT2D eigenvalue weighted by atomic mass is 10.0. The number of anilines is 1. The lowest BCUT2D eigenvalue weighted by Gasteiger charge is -2.20. The van der Waals surface area contributed by atoms with Crippen LogP contribution in [-0.4, -0.2) is 61.4 Å². The van der Waals surface area contributed by atoms with Crippen molar-refractivity contribution in [1.82, 2.24) is 9.88 Å². The summed E-state index contributed by atoms with van der Waals surface area (Å²) in [5, 5.41) is 3.99. The number of nitrogens with one attached hydrogen (secondary N) is 2. The molecule has 6 rings (SSSR count). The van der Waals surface area contributed by atoms with Gasteiger partial charge in [0, 0.05) is 36.1 Å². The number of aromatic nitrogens is 1. The maximum Gasteiger partial charge on any atom is 0.401 e. The lowest BCUT2D eigenvalue weighted by Crippen LogP contribution is -2.33. The Hall–Kier alpha value is -2.26. The number of carbonyl (C=O) groups excluding carboxylic acids is 1. The molecule has 3 unspecified atom stereocenters. The Balaban J connectivity index is 0.997. The second-order valence-corrected chi connectivity index (χ2v) is 10.6. The Morgan fingerprint density at radius 2 is 1.91 bits per heavy atom. The van der Waals surface area contributed by atoms with E-state index in [2.05, 4.69) is 10.3 Å².